The minimum atomic E-state index is -0.237. The van der Waals surface area contributed by atoms with Crippen LogP contribution in [0.4, 0.5) is 0 Å². The first-order valence-electron chi connectivity index (χ1n) is 6.45. The Balaban J connectivity index is 1.90. The van der Waals surface area contributed by atoms with Crippen molar-refractivity contribution < 1.29 is 5.11 Å². The molecule has 0 heterocycles. The number of hydrogen-bond acceptors (Lipinski definition) is 1. The molecule has 0 aromatic heterocycles. The summed E-state index contributed by atoms with van der Waals surface area (Å²) in [7, 11) is 0. The van der Waals surface area contributed by atoms with Gasteiger partial charge in [-0.3, -0.25) is 0 Å². The minimum Gasteiger partial charge on any atom is -0.390 e. The highest BCUT2D eigenvalue weighted by Gasteiger charge is 2.50. The lowest BCUT2D eigenvalue weighted by molar-refractivity contribution is 0.117. The predicted octanol–water partition coefficient (Wildman–Crippen LogP) is 3.90. The van der Waals surface area contributed by atoms with Crippen LogP contribution in [0.25, 0.3) is 0 Å². The molecular formula is C13H26O. The average molecular weight is 198 g/mol. The van der Waals surface area contributed by atoms with Crippen molar-refractivity contribution in [1.82, 2.24) is 0 Å². The second kappa shape index (κ2) is 5.75. The summed E-state index contributed by atoms with van der Waals surface area (Å²) in [6.07, 6.45) is 11.3. The Morgan fingerprint density at radius 3 is 2.29 bits per heavy atom. The average Bonchev–Trinajstić information content (AvgIpc) is 2.84. The van der Waals surface area contributed by atoms with Gasteiger partial charge in [0.1, 0.15) is 0 Å². The first-order chi connectivity index (χ1) is 6.73. The summed E-state index contributed by atoms with van der Waals surface area (Å²) in [5.41, 5.74) is -0.237. The van der Waals surface area contributed by atoms with E-state index in [1.807, 2.05) is 0 Å². The van der Waals surface area contributed by atoms with Crippen LogP contribution < -0.4 is 0 Å². The van der Waals surface area contributed by atoms with Crippen molar-refractivity contribution in [2.75, 3.05) is 0 Å². The molecule has 84 valence electrons. The van der Waals surface area contributed by atoms with Gasteiger partial charge in [-0.25, -0.2) is 0 Å². The predicted molar refractivity (Wildman–Crippen MR) is 61.3 cm³/mol. The van der Waals surface area contributed by atoms with Gasteiger partial charge in [-0.05, 0) is 18.8 Å². The van der Waals surface area contributed by atoms with E-state index in [2.05, 4.69) is 13.8 Å². The fraction of sp³-hybridized carbons (Fsp3) is 1.00. The van der Waals surface area contributed by atoms with E-state index in [4.69, 9.17) is 0 Å². The SMILES string of the molecule is CCCCCCCCC1(O)CC1CC. The summed E-state index contributed by atoms with van der Waals surface area (Å²) in [4.78, 5) is 0. The summed E-state index contributed by atoms with van der Waals surface area (Å²) in [5.74, 6) is 0.623. The first-order valence-corrected chi connectivity index (χ1v) is 6.45. The van der Waals surface area contributed by atoms with E-state index in [9.17, 15) is 5.11 Å². The normalized spacial score (nSPS) is 30.6. The number of hydrogen-bond donors (Lipinski definition) is 1. The standard InChI is InChI=1S/C13H26O/c1-3-5-6-7-8-9-10-13(14)11-12(13)4-2/h12,14H,3-11H2,1-2H3. The van der Waals surface area contributed by atoms with Crippen LogP contribution in [-0.2, 0) is 0 Å². The quantitative estimate of drug-likeness (QED) is 0.586. The second-order valence-corrected chi connectivity index (χ2v) is 4.93. The van der Waals surface area contributed by atoms with Crippen molar-refractivity contribution in [2.45, 2.75) is 77.2 Å². The molecule has 2 atom stereocenters. The van der Waals surface area contributed by atoms with E-state index in [0.717, 1.165) is 19.3 Å². The Labute approximate surface area is 88.9 Å². The van der Waals surface area contributed by atoms with Crippen LogP contribution in [-0.4, -0.2) is 10.7 Å². The molecule has 1 nitrogen and oxygen atoms in total. The van der Waals surface area contributed by atoms with E-state index in [1.165, 1.54) is 38.5 Å². The smallest absolute Gasteiger partial charge is 0.0680 e. The van der Waals surface area contributed by atoms with Crippen LogP contribution in [0.1, 0.15) is 71.6 Å². The van der Waals surface area contributed by atoms with Gasteiger partial charge in [0.25, 0.3) is 0 Å². The molecule has 0 bridgehead atoms. The van der Waals surface area contributed by atoms with Crippen molar-refractivity contribution in [1.29, 1.82) is 0 Å². The lowest BCUT2D eigenvalue weighted by Crippen LogP contribution is -2.10. The maximum Gasteiger partial charge on any atom is 0.0680 e. The highest BCUT2D eigenvalue weighted by Crippen LogP contribution is 2.49. The molecule has 0 aromatic carbocycles. The number of unbranched alkanes of at least 4 members (excludes halogenated alkanes) is 5. The molecule has 1 N–H and O–H groups in total. The molecule has 0 spiro atoms. The summed E-state index contributed by atoms with van der Waals surface area (Å²) in [5, 5.41) is 9.99. The topological polar surface area (TPSA) is 20.2 Å². The maximum atomic E-state index is 9.99. The van der Waals surface area contributed by atoms with Gasteiger partial charge in [-0.2, -0.15) is 0 Å². The second-order valence-electron chi connectivity index (χ2n) is 4.93. The molecule has 14 heavy (non-hydrogen) atoms. The molecule has 0 radical (unpaired) electrons. The number of aliphatic hydroxyl groups is 1. The van der Waals surface area contributed by atoms with Gasteiger partial charge in [0.2, 0.25) is 0 Å². The Hall–Kier alpha value is -0.0400. The number of rotatable bonds is 8. The van der Waals surface area contributed by atoms with Gasteiger partial charge in [0.05, 0.1) is 5.60 Å². The molecule has 0 saturated heterocycles. The van der Waals surface area contributed by atoms with Crippen LogP contribution in [0.15, 0.2) is 0 Å². The third-order valence-corrected chi connectivity index (χ3v) is 3.66. The summed E-state index contributed by atoms with van der Waals surface area (Å²) < 4.78 is 0. The van der Waals surface area contributed by atoms with Crippen molar-refractivity contribution in [3.63, 3.8) is 0 Å². The summed E-state index contributed by atoms with van der Waals surface area (Å²) in [6, 6.07) is 0. The van der Waals surface area contributed by atoms with E-state index < -0.39 is 0 Å². The van der Waals surface area contributed by atoms with Crippen molar-refractivity contribution in [2.24, 2.45) is 5.92 Å². The zero-order valence-electron chi connectivity index (χ0n) is 9.89. The van der Waals surface area contributed by atoms with Gasteiger partial charge in [-0.15, -0.1) is 0 Å². The molecule has 0 amide bonds. The summed E-state index contributed by atoms with van der Waals surface area (Å²) in [6.45, 7) is 4.43. The van der Waals surface area contributed by atoms with Crippen molar-refractivity contribution >= 4 is 0 Å². The van der Waals surface area contributed by atoms with E-state index in [0.29, 0.717) is 5.92 Å². The van der Waals surface area contributed by atoms with Crippen LogP contribution in [0.3, 0.4) is 0 Å². The van der Waals surface area contributed by atoms with Gasteiger partial charge in [0, 0.05) is 0 Å². The van der Waals surface area contributed by atoms with Crippen LogP contribution in [0.2, 0.25) is 0 Å². The van der Waals surface area contributed by atoms with Gasteiger partial charge in [-0.1, -0.05) is 58.8 Å². The molecule has 2 unspecified atom stereocenters. The fourth-order valence-electron chi connectivity index (χ4n) is 2.41. The third-order valence-electron chi connectivity index (χ3n) is 3.66. The molecule has 1 fully saturated rings. The van der Waals surface area contributed by atoms with Crippen molar-refractivity contribution in [3.8, 4) is 0 Å². The monoisotopic (exact) mass is 198 g/mol. The Bertz CT molecular complexity index is 155. The molecule has 1 heteroatoms. The molecule has 0 aliphatic heterocycles. The molecule has 0 aromatic rings. The molecular weight excluding hydrogens is 172 g/mol. The van der Waals surface area contributed by atoms with Crippen LogP contribution in [0, 0.1) is 5.92 Å². The molecule has 1 aliphatic carbocycles. The minimum absolute atomic E-state index is 0.237. The lowest BCUT2D eigenvalue weighted by Gasteiger charge is -2.09. The Morgan fingerprint density at radius 1 is 1.07 bits per heavy atom. The van der Waals surface area contributed by atoms with Crippen LogP contribution >= 0.6 is 0 Å². The van der Waals surface area contributed by atoms with E-state index in [-0.39, 0.29) is 5.60 Å². The fourth-order valence-corrected chi connectivity index (χ4v) is 2.41. The molecule has 1 aliphatic rings. The van der Waals surface area contributed by atoms with Gasteiger partial charge in [0.15, 0.2) is 0 Å². The highest BCUT2D eigenvalue weighted by atomic mass is 16.3. The van der Waals surface area contributed by atoms with Gasteiger partial charge < -0.3 is 5.11 Å². The molecule has 1 saturated carbocycles. The van der Waals surface area contributed by atoms with Crippen LogP contribution in [0.5, 0.6) is 0 Å². The van der Waals surface area contributed by atoms with Crippen molar-refractivity contribution in [3.05, 3.63) is 0 Å². The van der Waals surface area contributed by atoms with Gasteiger partial charge >= 0.3 is 0 Å². The Kier molecular flexibility index (Phi) is 4.94. The first kappa shape index (κ1) is 12.0. The van der Waals surface area contributed by atoms with E-state index >= 15 is 0 Å². The maximum absolute atomic E-state index is 9.99. The molecule has 1 rings (SSSR count). The summed E-state index contributed by atoms with van der Waals surface area (Å²) >= 11 is 0. The van der Waals surface area contributed by atoms with E-state index in [1.54, 1.807) is 0 Å². The largest absolute Gasteiger partial charge is 0.390 e. The lowest BCUT2D eigenvalue weighted by atomic mass is 10.0. The Morgan fingerprint density at radius 2 is 1.71 bits per heavy atom. The zero-order chi connectivity index (χ0) is 10.4. The highest BCUT2D eigenvalue weighted by molar-refractivity contribution is 5.02. The zero-order valence-corrected chi connectivity index (χ0v) is 9.89. The third kappa shape index (κ3) is 3.61.